The maximum absolute atomic E-state index is 9.44. The Morgan fingerprint density at radius 1 is 0.615 bits per heavy atom. The second-order valence-corrected chi connectivity index (χ2v) is 9.67. The normalized spacial score (nSPS) is 8.15. The third-order valence-corrected chi connectivity index (χ3v) is 2.12. The summed E-state index contributed by atoms with van der Waals surface area (Å²) in [4.78, 5) is 42.4. The molecule has 0 aliphatic carbocycles. The Kier molecular flexibility index (Phi) is 67.1. The number of rotatable bonds is 2. The second kappa shape index (κ2) is 42.9. The van der Waals surface area contributed by atoms with Crippen LogP contribution in [0.15, 0.2) is 9.98 Å². The van der Waals surface area contributed by atoms with Gasteiger partial charge in [0.2, 0.25) is 0 Å². The zero-order valence-electron chi connectivity index (χ0n) is 30.0. The lowest BCUT2D eigenvalue weighted by Gasteiger charge is -2.13. The zero-order valence-corrected chi connectivity index (χ0v) is 29.0. The monoisotopic (exact) mass is 576 g/mol. The van der Waals surface area contributed by atoms with Crippen molar-refractivity contribution in [1.82, 2.24) is 10.6 Å². The number of ketones is 4. The van der Waals surface area contributed by atoms with Crippen LogP contribution in [-0.4, -0.2) is 99.5 Å². The molecule has 11 heteroatoms. The fraction of sp³-hybridized carbons (Fsp3) is 0.786. The molecule has 0 aromatic rings. The Labute approximate surface area is 243 Å². The van der Waals surface area contributed by atoms with E-state index in [0.717, 1.165) is 11.4 Å². The maximum atomic E-state index is 9.44. The standard InChI is InChI=1S/2C4H11NO.2C4H9N.4C3H6O.H2O.H2/c2*1-4(2,6)5-3;2*1-4(2)5-3;4*1-3(2)4;;/h2*5-6H,1-3H3;2*1-3H3;4*1-2H3;1H2;1H/p+3. The molecule has 0 aliphatic rings. The molecule has 0 aromatic carbocycles. The van der Waals surface area contributed by atoms with Crippen molar-refractivity contribution in [3.63, 3.8) is 0 Å². The summed E-state index contributed by atoms with van der Waals surface area (Å²) < 4.78 is 0. The van der Waals surface area contributed by atoms with E-state index in [1.807, 2.05) is 27.7 Å². The van der Waals surface area contributed by atoms with Crippen molar-refractivity contribution in [2.75, 3.05) is 28.2 Å². The topological polar surface area (TPSA) is 198 Å². The van der Waals surface area contributed by atoms with E-state index in [1.165, 1.54) is 27.7 Å². The van der Waals surface area contributed by atoms with Crippen molar-refractivity contribution in [3.8, 4) is 0 Å². The summed E-state index contributed by atoms with van der Waals surface area (Å²) in [5.41, 5.74) is 0.843. The van der Waals surface area contributed by atoms with Crippen LogP contribution in [-0.2, 0) is 9.59 Å². The van der Waals surface area contributed by atoms with Crippen LogP contribution in [0, 0.1) is 0 Å². The summed E-state index contributed by atoms with van der Waals surface area (Å²) >= 11 is 0. The Bertz CT molecular complexity index is 528. The fourth-order valence-electron chi connectivity index (χ4n) is 0. The molecule has 0 unspecified atom stereocenters. The minimum absolute atomic E-state index is 0. The van der Waals surface area contributed by atoms with Gasteiger partial charge < -0.3 is 25.3 Å². The summed E-state index contributed by atoms with van der Waals surface area (Å²) in [7, 11) is 6.99. The van der Waals surface area contributed by atoms with Gasteiger partial charge in [0.1, 0.15) is 23.0 Å². The van der Waals surface area contributed by atoms with Crippen molar-refractivity contribution >= 4 is 34.6 Å². The molecule has 242 valence electrons. The first-order valence-corrected chi connectivity index (χ1v) is 12.1. The highest BCUT2D eigenvalue weighted by atomic mass is 16.3. The van der Waals surface area contributed by atoms with Gasteiger partial charge in [-0.25, -0.2) is 0 Å². The van der Waals surface area contributed by atoms with Crippen LogP contribution in [0.1, 0.15) is 114 Å². The first kappa shape index (κ1) is 61.0. The van der Waals surface area contributed by atoms with Crippen LogP contribution >= 0.6 is 0 Å². The Hall–Kier alpha value is -2.18. The average molecular weight is 576 g/mol. The largest absolute Gasteiger partial charge is 1.00 e. The molecule has 0 saturated carbocycles. The predicted molar refractivity (Wildman–Crippen MR) is 176 cm³/mol. The average Bonchev–Trinajstić information content (AvgIpc) is 2.66. The molecule has 0 saturated heterocycles. The first-order valence-electron chi connectivity index (χ1n) is 12.1. The SMILES string of the molecule is CC(C)=O.CC(C)=O.CC(C)=[OH+].CC(C)=[OH+].CN=C(C)C.CN=C(C)C.CNC(C)(C)O.CNC(C)(C)O.O.[H+].[HH]. The van der Waals surface area contributed by atoms with E-state index in [2.05, 4.69) is 20.6 Å². The molecular formula is C28H71N4O7+3. The van der Waals surface area contributed by atoms with E-state index in [1.54, 1.807) is 83.6 Å². The number of aliphatic hydroxyl groups is 2. The van der Waals surface area contributed by atoms with Crippen molar-refractivity contribution in [3.05, 3.63) is 0 Å². The minimum Gasteiger partial charge on any atom is -0.412 e. The number of carbonyl (C=O) groups is 2. The highest BCUT2D eigenvalue weighted by Crippen LogP contribution is 1.89. The predicted octanol–water partition coefficient (Wildman–Crippen LogP) is 3.93. The van der Waals surface area contributed by atoms with Crippen LogP contribution in [0.5, 0.6) is 0 Å². The van der Waals surface area contributed by atoms with E-state index in [-0.39, 0.29) is 19.9 Å². The van der Waals surface area contributed by atoms with Crippen LogP contribution in [0.3, 0.4) is 0 Å². The molecule has 8 N–H and O–H groups in total. The van der Waals surface area contributed by atoms with Gasteiger partial charge in [-0.15, -0.1) is 0 Å². The van der Waals surface area contributed by atoms with Gasteiger partial charge in [-0.2, -0.15) is 0 Å². The van der Waals surface area contributed by atoms with Gasteiger partial charge in [0.25, 0.3) is 11.6 Å². The number of aliphatic imine (C=N–C) groups is 2. The van der Waals surface area contributed by atoms with E-state index in [9.17, 15) is 9.59 Å². The summed E-state index contributed by atoms with van der Waals surface area (Å²) in [5, 5.41) is 22.8. The molecule has 0 aromatic heterocycles. The number of carbonyl (C=O) groups excluding carboxylic acids is 4. The van der Waals surface area contributed by atoms with Gasteiger partial charge in [-0.05, 0) is 97.2 Å². The Balaban J connectivity index is -0.0000000277. The molecule has 0 amide bonds. The molecule has 0 aliphatic heterocycles. The van der Waals surface area contributed by atoms with Crippen molar-refractivity contribution in [1.29, 1.82) is 0 Å². The number of hydrogen-bond acceptors (Lipinski definition) is 8. The van der Waals surface area contributed by atoms with Crippen molar-refractivity contribution in [2.24, 2.45) is 9.98 Å². The molecule has 0 spiro atoms. The van der Waals surface area contributed by atoms with Crippen molar-refractivity contribution < 1.29 is 37.7 Å². The lowest BCUT2D eigenvalue weighted by Crippen LogP contribution is -2.35. The van der Waals surface area contributed by atoms with Gasteiger partial charge in [0, 0.05) is 54.6 Å². The maximum Gasteiger partial charge on any atom is 1.00 e. The van der Waals surface area contributed by atoms with Gasteiger partial charge in [0.05, 0.1) is 0 Å². The van der Waals surface area contributed by atoms with E-state index < -0.39 is 11.4 Å². The quantitative estimate of drug-likeness (QED) is 0.218. The van der Waals surface area contributed by atoms with E-state index in [4.69, 9.17) is 19.8 Å². The molecule has 0 atom stereocenters. The van der Waals surface area contributed by atoms with Gasteiger partial charge >= 0.3 is 1.43 Å². The van der Waals surface area contributed by atoms with Crippen LogP contribution in [0.2, 0.25) is 0 Å². The third-order valence-electron chi connectivity index (χ3n) is 2.12. The number of nitrogens with one attached hydrogen (secondary N) is 2. The van der Waals surface area contributed by atoms with Gasteiger partial charge in [0.15, 0.2) is 0 Å². The zero-order chi connectivity index (χ0) is 33.3. The molecule has 0 radical (unpaired) electrons. The smallest absolute Gasteiger partial charge is 0.412 e. The number of hydrogen-bond donors (Lipinski definition) is 4. The van der Waals surface area contributed by atoms with Crippen LogP contribution < -0.4 is 10.6 Å². The summed E-state index contributed by atoms with van der Waals surface area (Å²) in [6.07, 6.45) is 0. The molecule has 0 rings (SSSR count). The molecule has 0 bridgehead atoms. The van der Waals surface area contributed by atoms with E-state index >= 15 is 0 Å². The summed E-state index contributed by atoms with van der Waals surface area (Å²) in [5.74, 6) is 1.17. The first-order chi connectivity index (χ1) is 16.6. The van der Waals surface area contributed by atoms with Gasteiger partial charge in [-0.3, -0.25) is 30.2 Å². The van der Waals surface area contributed by atoms with Gasteiger partial charge in [-0.1, -0.05) is 0 Å². The molecular weight excluding hydrogens is 504 g/mol. The molecule has 39 heavy (non-hydrogen) atoms. The fourth-order valence-corrected chi connectivity index (χ4v) is 0. The minimum atomic E-state index is -0.708. The molecule has 0 heterocycles. The Morgan fingerprint density at radius 3 is 0.667 bits per heavy atom. The molecule has 0 fully saturated rings. The highest BCUT2D eigenvalue weighted by molar-refractivity contribution is 5.79. The number of Topliss-reactive ketones (excluding diaryl/α,β-unsaturated/α-hetero) is 2. The highest BCUT2D eigenvalue weighted by Gasteiger charge is 2.05. The second-order valence-electron chi connectivity index (χ2n) is 9.67. The lowest BCUT2D eigenvalue weighted by atomic mass is 10.3. The Morgan fingerprint density at radius 2 is 0.667 bits per heavy atom. The van der Waals surface area contributed by atoms with Crippen molar-refractivity contribution in [2.45, 2.75) is 122 Å². The summed E-state index contributed by atoms with van der Waals surface area (Å²) in [6.45, 7) is 27.3. The molecule has 11 nitrogen and oxygen atoms in total. The number of nitrogens with zero attached hydrogens (tertiary/aromatic N) is 2. The van der Waals surface area contributed by atoms with E-state index in [0.29, 0.717) is 11.6 Å². The summed E-state index contributed by atoms with van der Waals surface area (Å²) in [6, 6.07) is 0. The van der Waals surface area contributed by atoms with Crippen LogP contribution in [0.25, 0.3) is 0 Å². The lowest BCUT2D eigenvalue weighted by molar-refractivity contribution is -0.115. The van der Waals surface area contributed by atoms with Crippen LogP contribution in [0.4, 0.5) is 0 Å². The third kappa shape index (κ3) is 670.